The average molecular weight is 470 g/mol. The van der Waals surface area contributed by atoms with Gasteiger partial charge in [0.15, 0.2) is 17.5 Å². The Balaban J connectivity index is 1.16. The first-order valence-corrected chi connectivity index (χ1v) is 11.2. The first-order valence-electron chi connectivity index (χ1n) is 11.2. The van der Waals surface area contributed by atoms with Crippen LogP contribution < -0.4 is 0 Å². The molecule has 0 aromatic heterocycles. The lowest BCUT2D eigenvalue weighted by atomic mass is 10.1. The molecule has 0 radical (unpaired) electrons. The molecule has 2 saturated heterocycles. The Hall–Kier alpha value is -2.07. The number of benzene rings is 2. The third kappa shape index (κ3) is 6.09. The van der Waals surface area contributed by atoms with Crippen molar-refractivity contribution in [2.24, 2.45) is 0 Å². The van der Waals surface area contributed by atoms with E-state index in [9.17, 15) is 22.0 Å². The fourth-order valence-corrected chi connectivity index (χ4v) is 4.31. The molecular formula is C24H27F5N2O2. The maximum Gasteiger partial charge on any atom is 0.194 e. The van der Waals surface area contributed by atoms with E-state index in [-0.39, 0.29) is 31.0 Å². The van der Waals surface area contributed by atoms with Crippen molar-refractivity contribution in [2.45, 2.75) is 51.1 Å². The molecule has 0 amide bonds. The van der Waals surface area contributed by atoms with Crippen molar-refractivity contribution >= 4 is 0 Å². The van der Waals surface area contributed by atoms with Crippen molar-refractivity contribution in [1.29, 1.82) is 0 Å². The molecule has 0 N–H and O–H groups in total. The summed E-state index contributed by atoms with van der Waals surface area (Å²) in [5.74, 6) is -5.07. The highest BCUT2D eigenvalue weighted by Crippen LogP contribution is 2.23. The van der Waals surface area contributed by atoms with E-state index in [4.69, 9.17) is 9.47 Å². The predicted octanol–water partition coefficient (Wildman–Crippen LogP) is 4.96. The molecule has 33 heavy (non-hydrogen) atoms. The van der Waals surface area contributed by atoms with Gasteiger partial charge in [0.05, 0.1) is 25.4 Å². The van der Waals surface area contributed by atoms with Crippen molar-refractivity contribution in [2.75, 3.05) is 26.2 Å². The van der Waals surface area contributed by atoms with Gasteiger partial charge in [-0.25, -0.2) is 32.0 Å². The third-order valence-corrected chi connectivity index (χ3v) is 6.32. The van der Waals surface area contributed by atoms with Gasteiger partial charge in [0.1, 0.15) is 11.6 Å². The first kappa shape index (κ1) is 24.1. The lowest BCUT2D eigenvalue weighted by Gasteiger charge is -2.43. The highest BCUT2D eigenvalue weighted by atomic mass is 19.2. The fourth-order valence-electron chi connectivity index (χ4n) is 4.31. The molecule has 2 aromatic rings. The summed E-state index contributed by atoms with van der Waals surface area (Å²) in [6.45, 7) is 3.25. The quantitative estimate of drug-likeness (QED) is 0.422. The Kier molecular flexibility index (Phi) is 7.95. The Morgan fingerprint density at radius 3 is 1.70 bits per heavy atom. The summed E-state index contributed by atoms with van der Waals surface area (Å²) in [6, 6.07) is 5.62. The lowest BCUT2D eigenvalue weighted by molar-refractivity contribution is -0.112. The largest absolute Gasteiger partial charge is 0.373 e. The van der Waals surface area contributed by atoms with Crippen LogP contribution in [0, 0.1) is 29.1 Å². The standard InChI is InChI=1S/C24H27F5N2O2/c25-18-3-1-16(22(27)13-18)14-32-19-5-9-30(10-6-19)31-11-7-20(8-12-31)33-15-17-2-4-21(26)24(29)23(17)28/h1-4,13,19-20H,5-12,14-15H2. The van der Waals surface area contributed by atoms with Crippen LogP contribution in [0.15, 0.2) is 30.3 Å². The van der Waals surface area contributed by atoms with E-state index in [2.05, 4.69) is 10.0 Å². The van der Waals surface area contributed by atoms with Gasteiger partial charge in [-0.3, -0.25) is 0 Å². The topological polar surface area (TPSA) is 24.9 Å². The van der Waals surface area contributed by atoms with Gasteiger partial charge in [0.2, 0.25) is 0 Å². The third-order valence-electron chi connectivity index (χ3n) is 6.32. The van der Waals surface area contributed by atoms with E-state index in [1.807, 2.05) is 0 Å². The van der Waals surface area contributed by atoms with Crippen LogP contribution in [0.25, 0.3) is 0 Å². The van der Waals surface area contributed by atoms with Gasteiger partial charge in [-0.2, -0.15) is 0 Å². The zero-order valence-electron chi connectivity index (χ0n) is 18.2. The Morgan fingerprint density at radius 2 is 1.15 bits per heavy atom. The summed E-state index contributed by atoms with van der Waals surface area (Å²) in [4.78, 5) is 0. The summed E-state index contributed by atoms with van der Waals surface area (Å²) in [5.41, 5.74) is 0.364. The van der Waals surface area contributed by atoms with Crippen LogP contribution in [-0.4, -0.2) is 48.4 Å². The number of rotatable bonds is 7. The zero-order valence-corrected chi connectivity index (χ0v) is 18.2. The van der Waals surface area contributed by atoms with Gasteiger partial charge >= 0.3 is 0 Å². The van der Waals surface area contributed by atoms with Gasteiger partial charge in [0, 0.05) is 43.4 Å². The number of piperidine rings is 2. The average Bonchev–Trinajstić information content (AvgIpc) is 2.82. The van der Waals surface area contributed by atoms with Crippen LogP contribution in [0.5, 0.6) is 0 Å². The molecule has 180 valence electrons. The fraction of sp³-hybridized carbons (Fsp3) is 0.500. The smallest absolute Gasteiger partial charge is 0.194 e. The van der Waals surface area contributed by atoms with Crippen LogP contribution in [0.2, 0.25) is 0 Å². The molecule has 2 aliphatic rings. The number of hydrazine groups is 1. The van der Waals surface area contributed by atoms with E-state index in [1.54, 1.807) is 0 Å². The van der Waals surface area contributed by atoms with Gasteiger partial charge in [-0.1, -0.05) is 12.1 Å². The molecule has 0 spiro atoms. The van der Waals surface area contributed by atoms with Crippen LogP contribution >= 0.6 is 0 Å². The molecule has 2 aromatic carbocycles. The number of hydrogen-bond acceptors (Lipinski definition) is 4. The van der Waals surface area contributed by atoms with Crippen LogP contribution in [0.4, 0.5) is 22.0 Å². The van der Waals surface area contributed by atoms with Crippen molar-refractivity contribution in [3.63, 3.8) is 0 Å². The summed E-state index contributed by atoms with van der Waals surface area (Å²) < 4.78 is 78.5. The van der Waals surface area contributed by atoms with Gasteiger partial charge < -0.3 is 9.47 Å². The van der Waals surface area contributed by atoms with Crippen LogP contribution in [0.3, 0.4) is 0 Å². The van der Waals surface area contributed by atoms with Crippen molar-refractivity contribution in [3.8, 4) is 0 Å². The van der Waals surface area contributed by atoms with Crippen LogP contribution in [0.1, 0.15) is 36.8 Å². The molecule has 4 rings (SSSR count). The highest BCUT2D eigenvalue weighted by Gasteiger charge is 2.28. The zero-order chi connectivity index (χ0) is 23.4. The molecule has 2 fully saturated rings. The molecule has 0 aliphatic carbocycles. The molecule has 0 saturated carbocycles. The first-order chi connectivity index (χ1) is 15.9. The summed E-state index contributed by atoms with van der Waals surface area (Å²) >= 11 is 0. The second-order valence-electron chi connectivity index (χ2n) is 8.50. The SMILES string of the molecule is Fc1ccc(COC2CCN(N3CCC(OCc4ccc(F)c(F)c4F)CC3)CC2)c(F)c1. The minimum absolute atomic E-state index is 0.0129. The Labute approximate surface area is 189 Å². The summed E-state index contributed by atoms with van der Waals surface area (Å²) in [5, 5.41) is 4.55. The number of nitrogens with zero attached hydrogens (tertiary/aromatic N) is 2. The Morgan fingerprint density at radius 1 is 0.636 bits per heavy atom. The maximum atomic E-state index is 13.8. The Bertz CT molecular complexity index is 945. The van der Waals surface area contributed by atoms with E-state index in [0.29, 0.717) is 5.56 Å². The van der Waals surface area contributed by atoms with Gasteiger partial charge in [-0.15, -0.1) is 0 Å². The van der Waals surface area contributed by atoms with Crippen LogP contribution in [-0.2, 0) is 22.7 Å². The summed E-state index contributed by atoms with van der Waals surface area (Å²) in [7, 11) is 0. The second kappa shape index (κ2) is 10.9. The minimum atomic E-state index is -1.47. The van der Waals surface area contributed by atoms with E-state index < -0.39 is 29.1 Å². The molecule has 0 bridgehead atoms. The van der Waals surface area contributed by atoms with Crippen molar-refractivity contribution < 1.29 is 31.4 Å². The van der Waals surface area contributed by atoms with E-state index in [0.717, 1.165) is 64.0 Å². The normalized spacial score (nSPS) is 19.3. The van der Waals surface area contributed by atoms with Gasteiger partial charge in [0.25, 0.3) is 0 Å². The molecule has 2 aliphatic heterocycles. The monoisotopic (exact) mass is 470 g/mol. The maximum absolute atomic E-state index is 13.8. The molecular weight excluding hydrogens is 443 g/mol. The number of hydrogen-bond donors (Lipinski definition) is 0. The highest BCUT2D eigenvalue weighted by molar-refractivity contribution is 5.19. The molecule has 0 atom stereocenters. The predicted molar refractivity (Wildman–Crippen MR) is 111 cm³/mol. The molecule has 0 unspecified atom stereocenters. The molecule has 2 heterocycles. The second-order valence-corrected chi connectivity index (χ2v) is 8.50. The van der Waals surface area contributed by atoms with Gasteiger partial charge in [-0.05, 0) is 37.8 Å². The van der Waals surface area contributed by atoms with E-state index >= 15 is 0 Å². The lowest BCUT2D eigenvalue weighted by Crippen LogP contribution is -2.52. The minimum Gasteiger partial charge on any atom is -0.373 e. The molecule has 4 nitrogen and oxygen atoms in total. The molecule has 9 heteroatoms. The number of halogens is 5. The van der Waals surface area contributed by atoms with Crippen molar-refractivity contribution in [1.82, 2.24) is 10.0 Å². The van der Waals surface area contributed by atoms with Crippen molar-refractivity contribution in [3.05, 3.63) is 70.5 Å². The number of ether oxygens (including phenoxy) is 2. The summed E-state index contributed by atoms with van der Waals surface area (Å²) in [6.07, 6.45) is 3.10. The van der Waals surface area contributed by atoms with E-state index in [1.165, 1.54) is 18.2 Å².